The number of amides is 1. The number of carbonyl (C=O) groups is 1. The van der Waals surface area contributed by atoms with Crippen molar-refractivity contribution in [1.29, 1.82) is 0 Å². The van der Waals surface area contributed by atoms with E-state index in [1.165, 1.54) is 21.3 Å². The Labute approximate surface area is 151 Å². The topological polar surface area (TPSA) is 56.8 Å². The normalized spacial score (nSPS) is 9.60. The van der Waals surface area contributed by atoms with Crippen LogP contribution in [-0.4, -0.2) is 33.8 Å². The summed E-state index contributed by atoms with van der Waals surface area (Å²) < 4.78 is 15.7. The lowest BCUT2D eigenvalue weighted by Crippen LogP contribution is -2.23. The Kier molecular flexibility index (Phi) is 6.55. The molecule has 1 amide bonds. The second-order valence-corrected chi connectivity index (χ2v) is 5.29. The monoisotopic (exact) mass is 359 g/mol. The molecule has 2 aromatic rings. The lowest BCUT2D eigenvalue weighted by molar-refractivity contribution is 0.0958. The van der Waals surface area contributed by atoms with Crippen LogP contribution in [0.4, 0.5) is 0 Å². The Bertz CT molecular complexity index is 799. The zero-order chi connectivity index (χ0) is 18.2. The van der Waals surface area contributed by atoms with Crippen LogP contribution in [0.5, 0.6) is 17.2 Å². The highest BCUT2D eigenvalue weighted by atomic mass is 35.5. The second-order valence-electron chi connectivity index (χ2n) is 4.88. The van der Waals surface area contributed by atoms with Gasteiger partial charge in [-0.15, -0.1) is 0 Å². The fraction of sp³-hybridized carbons (Fsp3) is 0.211. The van der Waals surface area contributed by atoms with Crippen molar-refractivity contribution < 1.29 is 19.0 Å². The first kappa shape index (κ1) is 18.5. The van der Waals surface area contributed by atoms with E-state index in [9.17, 15) is 4.79 Å². The highest BCUT2D eigenvalue weighted by Gasteiger charge is 2.16. The van der Waals surface area contributed by atoms with Gasteiger partial charge in [0.05, 0.1) is 32.9 Å². The van der Waals surface area contributed by atoms with Gasteiger partial charge in [0.25, 0.3) is 5.91 Å². The molecule has 130 valence electrons. The van der Waals surface area contributed by atoms with E-state index >= 15 is 0 Å². The van der Waals surface area contributed by atoms with Gasteiger partial charge in [-0.25, -0.2) is 0 Å². The molecule has 25 heavy (non-hydrogen) atoms. The Morgan fingerprint density at radius 2 is 1.72 bits per heavy atom. The van der Waals surface area contributed by atoms with E-state index < -0.39 is 0 Å². The van der Waals surface area contributed by atoms with Gasteiger partial charge in [0.15, 0.2) is 11.5 Å². The standard InChI is InChI=1S/C19H18ClNO4/c1-23-16-11-14(12-17(24-2)18(16)25-3)19(22)21-10-6-8-13-7-4-5-9-15(13)20/h4-5,7,9,11-12H,10H2,1-3H3,(H,21,22). The molecule has 0 aliphatic heterocycles. The van der Waals surface area contributed by atoms with Crippen LogP contribution in [0.3, 0.4) is 0 Å². The quantitative estimate of drug-likeness (QED) is 0.833. The molecule has 6 heteroatoms. The summed E-state index contributed by atoms with van der Waals surface area (Å²) in [6.07, 6.45) is 0. The van der Waals surface area contributed by atoms with Crippen molar-refractivity contribution in [2.75, 3.05) is 27.9 Å². The number of ether oxygens (including phenoxy) is 3. The maximum atomic E-state index is 12.3. The number of hydrogen-bond acceptors (Lipinski definition) is 4. The van der Waals surface area contributed by atoms with Crippen LogP contribution in [0.15, 0.2) is 36.4 Å². The maximum Gasteiger partial charge on any atom is 0.252 e. The molecule has 0 radical (unpaired) electrons. The minimum absolute atomic E-state index is 0.181. The first-order valence-corrected chi connectivity index (χ1v) is 7.80. The van der Waals surface area contributed by atoms with Gasteiger partial charge in [-0.05, 0) is 24.3 Å². The van der Waals surface area contributed by atoms with Crippen molar-refractivity contribution in [3.8, 4) is 29.1 Å². The lowest BCUT2D eigenvalue weighted by atomic mass is 10.1. The first-order valence-electron chi connectivity index (χ1n) is 7.42. The number of hydrogen-bond donors (Lipinski definition) is 1. The van der Waals surface area contributed by atoms with Crippen LogP contribution in [-0.2, 0) is 0 Å². The number of rotatable bonds is 5. The van der Waals surface area contributed by atoms with Gasteiger partial charge in [-0.3, -0.25) is 4.79 Å². The highest BCUT2D eigenvalue weighted by molar-refractivity contribution is 6.31. The van der Waals surface area contributed by atoms with E-state index in [1.807, 2.05) is 18.2 Å². The van der Waals surface area contributed by atoms with Crippen LogP contribution < -0.4 is 19.5 Å². The van der Waals surface area contributed by atoms with Crippen LogP contribution in [0.1, 0.15) is 15.9 Å². The average molecular weight is 360 g/mol. The smallest absolute Gasteiger partial charge is 0.252 e. The fourth-order valence-corrected chi connectivity index (χ4v) is 2.32. The summed E-state index contributed by atoms with van der Waals surface area (Å²) in [6.45, 7) is 0.181. The van der Waals surface area contributed by atoms with Crippen molar-refractivity contribution in [2.45, 2.75) is 0 Å². The molecule has 0 atom stereocenters. The Morgan fingerprint density at radius 1 is 1.08 bits per heavy atom. The average Bonchev–Trinajstić information content (AvgIpc) is 2.64. The second kappa shape index (κ2) is 8.86. The SMILES string of the molecule is COc1cc(C(=O)NCC#Cc2ccccc2Cl)cc(OC)c1OC. The minimum Gasteiger partial charge on any atom is -0.493 e. The van der Waals surface area contributed by atoms with Crippen LogP contribution in [0, 0.1) is 11.8 Å². The number of halogens is 1. The third kappa shape index (κ3) is 4.59. The third-order valence-corrected chi connectivity index (χ3v) is 3.69. The summed E-state index contributed by atoms with van der Waals surface area (Å²) in [5, 5.41) is 3.30. The van der Waals surface area contributed by atoms with E-state index in [4.69, 9.17) is 25.8 Å². The lowest BCUT2D eigenvalue weighted by Gasteiger charge is -2.13. The van der Waals surface area contributed by atoms with Gasteiger partial charge >= 0.3 is 0 Å². The zero-order valence-corrected chi connectivity index (χ0v) is 14.9. The van der Waals surface area contributed by atoms with Crippen LogP contribution >= 0.6 is 11.6 Å². The van der Waals surface area contributed by atoms with Crippen molar-refractivity contribution in [3.63, 3.8) is 0 Å². The predicted molar refractivity (Wildman–Crippen MR) is 96.8 cm³/mol. The molecule has 5 nitrogen and oxygen atoms in total. The molecule has 0 bridgehead atoms. The Hall–Kier alpha value is -2.84. The molecule has 0 aromatic heterocycles. The summed E-state index contributed by atoms with van der Waals surface area (Å²) >= 11 is 6.03. The molecule has 0 unspecified atom stereocenters. The predicted octanol–water partition coefficient (Wildman–Crippen LogP) is 3.15. The van der Waals surface area contributed by atoms with Crippen molar-refractivity contribution in [1.82, 2.24) is 5.32 Å². The van der Waals surface area contributed by atoms with Crippen LogP contribution in [0.25, 0.3) is 0 Å². The molecular weight excluding hydrogens is 342 g/mol. The molecule has 0 saturated carbocycles. The van der Waals surface area contributed by atoms with Crippen molar-refractivity contribution in [3.05, 3.63) is 52.5 Å². The summed E-state index contributed by atoms with van der Waals surface area (Å²) in [5.41, 5.74) is 1.10. The summed E-state index contributed by atoms with van der Waals surface area (Å²) in [7, 11) is 4.49. The van der Waals surface area contributed by atoms with Gasteiger partial charge in [0.2, 0.25) is 5.75 Å². The molecule has 0 heterocycles. The molecule has 0 aliphatic rings. The van der Waals surface area contributed by atoms with Crippen LogP contribution in [0.2, 0.25) is 5.02 Å². The van der Waals surface area contributed by atoms with Gasteiger partial charge in [-0.1, -0.05) is 35.6 Å². The van der Waals surface area contributed by atoms with E-state index in [0.29, 0.717) is 33.4 Å². The molecule has 0 spiro atoms. The molecule has 0 aliphatic carbocycles. The highest BCUT2D eigenvalue weighted by Crippen LogP contribution is 2.38. The van der Waals surface area contributed by atoms with Gasteiger partial charge in [0, 0.05) is 11.1 Å². The largest absolute Gasteiger partial charge is 0.493 e. The molecule has 0 saturated heterocycles. The van der Waals surface area contributed by atoms with Gasteiger partial charge in [0.1, 0.15) is 0 Å². The summed E-state index contributed by atoms with van der Waals surface area (Å²) in [4.78, 5) is 12.3. The molecule has 2 rings (SSSR count). The number of nitrogens with one attached hydrogen (secondary N) is 1. The van der Waals surface area contributed by atoms with E-state index in [2.05, 4.69) is 17.2 Å². The van der Waals surface area contributed by atoms with Crippen molar-refractivity contribution in [2.24, 2.45) is 0 Å². The maximum absolute atomic E-state index is 12.3. The minimum atomic E-state index is -0.298. The summed E-state index contributed by atoms with van der Waals surface area (Å²) in [6, 6.07) is 10.4. The number of benzene rings is 2. The third-order valence-electron chi connectivity index (χ3n) is 3.36. The molecule has 2 aromatic carbocycles. The number of methoxy groups -OCH3 is 3. The Balaban J connectivity index is 2.10. The van der Waals surface area contributed by atoms with E-state index in [-0.39, 0.29) is 12.5 Å². The summed E-state index contributed by atoms with van der Waals surface area (Å²) in [5.74, 6) is 6.74. The van der Waals surface area contributed by atoms with Gasteiger partial charge < -0.3 is 19.5 Å². The zero-order valence-electron chi connectivity index (χ0n) is 14.2. The number of carbonyl (C=O) groups excluding carboxylic acids is 1. The van der Waals surface area contributed by atoms with Gasteiger partial charge in [-0.2, -0.15) is 0 Å². The molecule has 0 fully saturated rings. The van der Waals surface area contributed by atoms with Crippen molar-refractivity contribution >= 4 is 17.5 Å². The van der Waals surface area contributed by atoms with E-state index in [1.54, 1.807) is 18.2 Å². The molecular formula is C19H18ClNO4. The first-order chi connectivity index (χ1) is 12.1. The van der Waals surface area contributed by atoms with E-state index in [0.717, 1.165) is 0 Å². The molecule has 1 N–H and O–H groups in total. The Morgan fingerprint density at radius 3 is 2.28 bits per heavy atom. The fourth-order valence-electron chi connectivity index (χ4n) is 2.14.